The first-order chi connectivity index (χ1) is 23.1. The summed E-state index contributed by atoms with van der Waals surface area (Å²) in [5.74, 6) is 2.81. The zero-order valence-electron chi connectivity index (χ0n) is 26.5. The molecule has 3 aliphatic rings. The van der Waals surface area contributed by atoms with Crippen molar-refractivity contribution in [1.29, 1.82) is 0 Å². The number of rotatable bonds is 4. The van der Waals surface area contributed by atoms with Gasteiger partial charge in [-0.25, -0.2) is 0 Å². The third-order valence-electron chi connectivity index (χ3n) is 10.1. The zero-order valence-corrected chi connectivity index (χ0v) is 26.5. The summed E-state index contributed by atoms with van der Waals surface area (Å²) in [5.41, 5.74) is 14.3. The maximum Gasteiger partial charge on any atom is 0.234 e. The van der Waals surface area contributed by atoms with Gasteiger partial charge < -0.3 is 9.47 Å². The Labute approximate surface area is 276 Å². The average molecular weight is 605 g/mol. The van der Waals surface area contributed by atoms with E-state index in [4.69, 9.17) is 9.47 Å². The van der Waals surface area contributed by atoms with Crippen LogP contribution in [0.2, 0.25) is 5.82 Å². The molecule has 0 bridgehead atoms. The highest BCUT2D eigenvalue weighted by atomic mass is 16.5. The van der Waals surface area contributed by atoms with Crippen LogP contribution in [0.1, 0.15) is 22.3 Å². The Kier molecular flexibility index (Phi) is 6.53. The molecular formula is C44H33BO2. The summed E-state index contributed by atoms with van der Waals surface area (Å²) >= 11 is 0. The molecule has 0 aromatic heterocycles. The Balaban J connectivity index is 1.31. The van der Waals surface area contributed by atoms with Crippen LogP contribution in [0.5, 0.6) is 11.5 Å². The lowest BCUT2D eigenvalue weighted by Crippen LogP contribution is -2.59. The van der Waals surface area contributed by atoms with E-state index < -0.39 is 0 Å². The van der Waals surface area contributed by atoms with Crippen LogP contribution in [0.25, 0.3) is 33.4 Å². The fourth-order valence-electron chi connectivity index (χ4n) is 7.83. The third kappa shape index (κ3) is 4.57. The van der Waals surface area contributed by atoms with Gasteiger partial charge in [0.1, 0.15) is 23.4 Å². The summed E-state index contributed by atoms with van der Waals surface area (Å²) in [6, 6.07) is 52.1. The van der Waals surface area contributed by atoms with Crippen molar-refractivity contribution >= 4 is 28.8 Å². The van der Waals surface area contributed by atoms with E-state index in [9.17, 15) is 0 Å². The lowest BCUT2D eigenvalue weighted by molar-refractivity contribution is 0.228. The van der Waals surface area contributed by atoms with E-state index in [2.05, 4.69) is 166 Å². The number of aryl methyl sites for hydroxylation is 2. The smallest absolute Gasteiger partial charge is 0.234 e. The predicted molar refractivity (Wildman–Crippen MR) is 195 cm³/mol. The topological polar surface area (TPSA) is 18.5 Å². The minimum Gasteiger partial charge on any atom is -0.486 e. The molecule has 0 saturated carbocycles. The summed E-state index contributed by atoms with van der Waals surface area (Å²) in [5, 5.41) is 0. The first-order valence-electron chi connectivity index (χ1n) is 16.4. The van der Waals surface area contributed by atoms with Gasteiger partial charge >= 0.3 is 0 Å². The average Bonchev–Trinajstić information content (AvgIpc) is 3.12. The van der Waals surface area contributed by atoms with Gasteiger partial charge in [0.25, 0.3) is 0 Å². The van der Waals surface area contributed by atoms with Crippen molar-refractivity contribution in [3.05, 3.63) is 180 Å². The molecule has 0 N–H and O–H groups in total. The fourth-order valence-corrected chi connectivity index (χ4v) is 7.83. The SMILES string of the molecule is Cc1ccccc1C1=C2Oc3cc(-c4ccccc4)ccc3B3c4ccc(-c5ccccc5C)cc4OC(C(c4ccccc4)=C1)C32. The van der Waals surface area contributed by atoms with Crippen LogP contribution in [0.15, 0.2) is 157 Å². The van der Waals surface area contributed by atoms with Gasteiger partial charge in [-0.1, -0.05) is 133 Å². The second-order valence-electron chi connectivity index (χ2n) is 12.9. The van der Waals surface area contributed by atoms with E-state index in [1.54, 1.807) is 0 Å². The van der Waals surface area contributed by atoms with Crippen LogP contribution in [0.4, 0.5) is 0 Å². The van der Waals surface area contributed by atoms with Gasteiger partial charge in [-0.2, -0.15) is 0 Å². The van der Waals surface area contributed by atoms with Crippen LogP contribution in [-0.2, 0) is 0 Å². The first kappa shape index (κ1) is 27.7. The highest BCUT2D eigenvalue weighted by Crippen LogP contribution is 2.51. The maximum atomic E-state index is 7.18. The summed E-state index contributed by atoms with van der Waals surface area (Å²) in [6.07, 6.45) is 2.11. The van der Waals surface area contributed by atoms with Gasteiger partial charge in [0.2, 0.25) is 6.71 Å². The summed E-state index contributed by atoms with van der Waals surface area (Å²) in [4.78, 5) is 0. The molecule has 9 rings (SSSR count). The van der Waals surface area contributed by atoms with Gasteiger partial charge in [-0.3, -0.25) is 0 Å². The van der Waals surface area contributed by atoms with Crippen molar-refractivity contribution in [2.24, 2.45) is 0 Å². The van der Waals surface area contributed by atoms with Crippen molar-refractivity contribution in [2.75, 3.05) is 0 Å². The molecule has 3 heteroatoms. The van der Waals surface area contributed by atoms with Crippen molar-refractivity contribution in [2.45, 2.75) is 25.8 Å². The van der Waals surface area contributed by atoms with Crippen LogP contribution >= 0.6 is 0 Å². The van der Waals surface area contributed by atoms with Gasteiger partial charge in [-0.15, -0.1) is 0 Å². The van der Waals surface area contributed by atoms with E-state index in [1.807, 2.05) is 0 Å². The Hall–Kier alpha value is -5.54. The van der Waals surface area contributed by atoms with E-state index in [-0.39, 0.29) is 18.6 Å². The molecular weight excluding hydrogens is 571 g/mol. The van der Waals surface area contributed by atoms with Crippen LogP contribution < -0.4 is 20.4 Å². The third-order valence-corrected chi connectivity index (χ3v) is 10.1. The fraction of sp³-hybridized carbons (Fsp3) is 0.0909. The lowest BCUT2D eigenvalue weighted by atomic mass is 9.29. The standard InChI is InChI=1S/C44H33BO2/c1-28-13-9-11-19-34(28)33-22-24-39-41(26-33)46-43-36(31-17-7-4-8-18-31)27-37(35-20-12-10-14-29(35)2)44-42(43)45(39)38-23-21-32(25-40(38)47-44)30-15-5-3-6-16-30/h3-27,42-43H,1-2H3. The zero-order chi connectivity index (χ0) is 31.5. The van der Waals surface area contributed by atoms with E-state index in [0.717, 1.165) is 28.4 Å². The van der Waals surface area contributed by atoms with Gasteiger partial charge in [0.15, 0.2) is 0 Å². The monoisotopic (exact) mass is 604 g/mol. The highest BCUT2D eigenvalue weighted by molar-refractivity contribution is 6.89. The molecule has 0 spiro atoms. The number of ether oxygens (including phenoxy) is 2. The Morgan fingerprint density at radius 3 is 1.79 bits per heavy atom. The van der Waals surface area contributed by atoms with Crippen LogP contribution in [0, 0.1) is 13.8 Å². The molecule has 1 aliphatic carbocycles. The molecule has 2 heterocycles. The number of fused-ring (bicyclic) bond motifs is 4. The molecule has 2 unspecified atom stereocenters. The number of hydrogen-bond acceptors (Lipinski definition) is 2. The first-order valence-corrected chi connectivity index (χ1v) is 16.4. The molecule has 0 saturated heterocycles. The Morgan fingerprint density at radius 2 is 1.09 bits per heavy atom. The van der Waals surface area contributed by atoms with Crippen molar-refractivity contribution in [3.63, 3.8) is 0 Å². The lowest BCUT2D eigenvalue weighted by Gasteiger charge is -2.46. The maximum absolute atomic E-state index is 7.18. The summed E-state index contributed by atoms with van der Waals surface area (Å²) in [7, 11) is 0. The quantitative estimate of drug-likeness (QED) is 0.187. The van der Waals surface area contributed by atoms with Crippen LogP contribution in [-0.4, -0.2) is 12.8 Å². The molecule has 2 nitrogen and oxygen atoms in total. The number of hydrogen-bond donors (Lipinski definition) is 0. The molecule has 47 heavy (non-hydrogen) atoms. The molecule has 0 radical (unpaired) electrons. The molecule has 6 aromatic rings. The second-order valence-corrected chi connectivity index (χ2v) is 12.9. The van der Waals surface area contributed by atoms with Gasteiger partial charge in [0, 0.05) is 17.0 Å². The largest absolute Gasteiger partial charge is 0.486 e. The highest BCUT2D eigenvalue weighted by Gasteiger charge is 2.52. The number of benzene rings is 6. The van der Waals surface area contributed by atoms with Crippen molar-refractivity contribution < 1.29 is 9.47 Å². The molecule has 0 amide bonds. The predicted octanol–water partition coefficient (Wildman–Crippen LogP) is 9.28. The minimum atomic E-state index is -0.216. The normalized spacial score (nSPS) is 17.5. The molecule has 2 aliphatic heterocycles. The molecule has 6 aromatic carbocycles. The summed E-state index contributed by atoms with van der Waals surface area (Å²) in [6.45, 7) is 4.42. The van der Waals surface area contributed by atoms with Gasteiger partial charge in [0.05, 0.1) is 0 Å². The van der Waals surface area contributed by atoms with E-state index >= 15 is 0 Å². The minimum absolute atomic E-state index is 0.0308. The molecule has 0 fully saturated rings. The molecule has 2 atom stereocenters. The number of allylic oxidation sites excluding steroid dienone is 2. The second kappa shape index (κ2) is 11.1. The Bertz CT molecular complexity index is 2230. The van der Waals surface area contributed by atoms with E-state index in [0.29, 0.717) is 0 Å². The molecule has 224 valence electrons. The van der Waals surface area contributed by atoms with Crippen molar-refractivity contribution in [1.82, 2.24) is 0 Å². The van der Waals surface area contributed by atoms with Gasteiger partial charge in [-0.05, 0) is 87.5 Å². The van der Waals surface area contributed by atoms with E-state index in [1.165, 1.54) is 55.4 Å². The van der Waals surface area contributed by atoms with Crippen LogP contribution in [0.3, 0.4) is 0 Å². The Morgan fingerprint density at radius 1 is 0.511 bits per heavy atom. The summed E-state index contributed by atoms with van der Waals surface area (Å²) < 4.78 is 14.3. The van der Waals surface area contributed by atoms with Crippen molar-refractivity contribution in [3.8, 4) is 33.8 Å².